The Kier molecular flexibility index (Phi) is 50.5. The third-order valence-corrected chi connectivity index (χ3v) is 0. The molecule has 0 saturated carbocycles. The fourth-order valence-electron chi connectivity index (χ4n) is 0. The van der Waals surface area contributed by atoms with Gasteiger partial charge in [0.25, 0.3) is 0 Å². The quantitative estimate of drug-likeness (QED) is 0.221. The van der Waals surface area contributed by atoms with E-state index >= 15 is 0 Å². The van der Waals surface area contributed by atoms with E-state index in [1.54, 1.807) is 0 Å². The first-order valence-electron chi connectivity index (χ1n) is 0.349. The van der Waals surface area contributed by atoms with E-state index in [2.05, 4.69) is 18.4 Å². The summed E-state index contributed by atoms with van der Waals surface area (Å²) in [5.41, 5.74) is 0. The average molecular weight is 808 g/mol. The van der Waals surface area contributed by atoms with Crippen molar-refractivity contribution in [2.24, 2.45) is 0 Å². The summed E-state index contributed by atoms with van der Waals surface area (Å²) in [7, 11) is 0. The summed E-state index contributed by atoms with van der Waals surface area (Å²) < 4.78 is 0. The second-order valence-electron chi connectivity index (χ2n) is 0.0745. The van der Waals surface area contributed by atoms with Crippen molar-refractivity contribution in [2.75, 3.05) is 0 Å². The minimum atomic E-state index is 0. The molecule has 0 amide bonds. The molecule has 0 aromatic rings. The summed E-state index contributed by atoms with van der Waals surface area (Å²) in [5.74, 6) is 0. The summed E-state index contributed by atoms with van der Waals surface area (Å²) in [6.07, 6.45) is 0. The Bertz CT molecular complexity index is 4.85. The second-order valence-corrected chi connectivity index (χ2v) is 22.5. The van der Waals surface area contributed by atoms with Gasteiger partial charge >= 0.3 is 102 Å². The first-order valence-corrected chi connectivity index (χ1v) is 15.7. The van der Waals surface area contributed by atoms with Crippen molar-refractivity contribution >= 4 is 102 Å². The van der Waals surface area contributed by atoms with Gasteiger partial charge in [-0.1, -0.05) is 0 Å². The number of hydrogen-bond donors (Lipinski definition) is 0. The fraction of sp³-hybridized carbons (Fsp3) is 0. The maximum absolute atomic E-state index is 2.22. The van der Waals surface area contributed by atoms with Gasteiger partial charge in [0.2, 0.25) is 0 Å². The first-order chi connectivity index (χ1) is 1.41. The number of rotatable bonds is 0. The molecule has 0 unspecified atom stereocenters. The van der Waals surface area contributed by atoms with Crippen molar-refractivity contribution in [3.05, 3.63) is 0 Å². The zero-order valence-electron chi connectivity index (χ0n) is 2.68. The van der Waals surface area contributed by atoms with Crippen molar-refractivity contribution in [1.82, 2.24) is 0 Å². The second kappa shape index (κ2) is 15.7. The van der Waals surface area contributed by atoms with Crippen LogP contribution in [0.1, 0.15) is 0 Å². The molecule has 0 bridgehead atoms. The molecule has 0 nitrogen and oxygen atoms in total. The summed E-state index contributed by atoms with van der Waals surface area (Å²) >= 11 is 4.74. The normalized spacial score (nSPS) is 3.60. The zero-order valence-corrected chi connectivity index (χ0v) is 20.9. The van der Waals surface area contributed by atoms with Crippen LogP contribution in [0.15, 0.2) is 0 Å². The van der Waals surface area contributed by atoms with Crippen LogP contribution >= 0.6 is 0 Å². The Morgan fingerprint density at radius 1 is 1.40 bits per heavy atom. The van der Waals surface area contributed by atoms with Crippen LogP contribution in [0.4, 0.5) is 0 Å². The Morgan fingerprint density at radius 3 is 1.40 bits per heavy atom. The van der Waals surface area contributed by atoms with E-state index in [-0.39, 0.29) is 52.4 Å². The zero-order chi connectivity index (χ0) is 2.71. The molecule has 0 aliphatic rings. The molecule has 0 spiro atoms. The summed E-state index contributed by atoms with van der Waals surface area (Å²) in [5, 5.41) is 0. The molecule has 0 aromatic carbocycles. The van der Waals surface area contributed by atoms with Crippen LogP contribution in [0.3, 0.4) is 0 Å². The van der Waals surface area contributed by atoms with Gasteiger partial charge in [0.05, 0.1) is 0 Å². The summed E-state index contributed by atoms with van der Waals surface area (Å²) in [4.78, 5) is 0. The Hall–Kier alpha value is 4.14. The predicted octanol–water partition coefficient (Wildman–Crippen LogP) is -3.78. The molecule has 3 radical (unpaired) electrons. The van der Waals surface area contributed by atoms with E-state index in [0.717, 1.165) is 0 Å². The van der Waals surface area contributed by atoms with Crippen LogP contribution in [0.25, 0.3) is 0 Å². The van der Waals surface area contributed by atoms with Gasteiger partial charge in [-0.3, -0.25) is 0 Å². The third kappa shape index (κ3) is 17.9. The first kappa shape index (κ1) is 16.1. The van der Waals surface area contributed by atoms with Crippen LogP contribution in [0, 0.1) is 0 Å². The number of hydrogen-bond acceptors (Lipinski definition) is 0. The molecule has 0 aromatic heterocycles. The van der Waals surface area contributed by atoms with Crippen LogP contribution in [-0.2, 0) is 0 Å². The van der Waals surface area contributed by atoms with Gasteiger partial charge in [-0.05, 0) is 0 Å². The standard InChI is InChI=1S/2Bi.HTe3.6H/c;;1-3-2;;;;;;/h;;1H;;;;;;/q;;+2;;;;;;. The molecule has 0 rings (SSSR count). The molecule has 33 valence electrons. The summed E-state index contributed by atoms with van der Waals surface area (Å²) in [6.45, 7) is 0. The molecule has 0 atom stereocenters. The maximum atomic E-state index is 2.22. The van der Waals surface area contributed by atoms with Crippen molar-refractivity contribution in [3.8, 4) is 0 Å². The SMILES string of the molecule is [BiH3].[BiH3].[Te][Te+][TeH+]. The Labute approximate surface area is 99.5 Å². The van der Waals surface area contributed by atoms with Crippen molar-refractivity contribution < 1.29 is 0 Å². The van der Waals surface area contributed by atoms with Crippen molar-refractivity contribution in [2.45, 2.75) is 0 Å². The topological polar surface area (TPSA) is 0 Å². The van der Waals surface area contributed by atoms with Gasteiger partial charge in [-0.2, -0.15) is 0 Å². The van der Waals surface area contributed by atoms with Gasteiger partial charge in [0.1, 0.15) is 0 Å². The third-order valence-electron chi connectivity index (χ3n) is 0. The van der Waals surface area contributed by atoms with Crippen LogP contribution < -0.4 is 0 Å². The van der Waals surface area contributed by atoms with E-state index in [9.17, 15) is 0 Å². The van der Waals surface area contributed by atoms with Gasteiger partial charge in [0.15, 0.2) is 0 Å². The van der Waals surface area contributed by atoms with Crippen LogP contribution in [0.2, 0.25) is 0 Å². The van der Waals surface area contributed by atoms with Crippen molar-refractivity contribution in [3.63, 3.8) is 0 Å². The predicted molar refractivity (Wildman–Crippen MR) is 38.5 cm³/mol. The van der Waals surface area contributed by atoms with Gasteiger partial charge in [-0.15, -0.1) is 0 Å². The average Bonchev–Trinajstić information content (AvgIpc) is 0.918. The van der Waals surface area contributed by atoms with E-state index in [1.165, 1.54) is 0 Å². The van der Waals surface area contributed by atoms with E-state index < -0.39 is 0 Å². The minimum absolute atomic E-state index is 0. The van der Waals surface area contributed by atoms with Crippen LogP contribution in [-0.4, -0.2) is 102 Å². The van der Waals surface area contributed by atoms with E-state index in [0.29, 0.717) is 13.2 Å². The molecule has 0 aliphatic carbocycles. The molecule has 0 saturated heterocycles. The molecule has 5 heavy (non-hydrogen) atoms. The molecule has 0 fully saturated rings. The molecular weight excluding hydrogens is 801 g/mol. The van der Waals surface area contributed by atoms with Gasteiger partial charge in [0, 0.05) is 0 Å². The molecular formula is H7Bi2Te3+2. The summed E-state index contributed by atoms with van der Waals surface area (Å²) in [6, 6.07) is 0. The van der Waals surface area contributed by atoms with E-state index in [4.69, 9.17) is 0 Å². The Balaban J connectivity index is -0.0000000200. The van der Waals surface area contributed by atoms with Crippen LogP contribution in [0.5, 0.6) is 0 Å². The van der Waals surface area contributed by atoms with Crippen molar-refractivity contribution in [1.29, 1.82) is 0 Å². The van der Waals surface area contributed by atoms with Gasteiger partial charge < -0.3 is 0 Å². The monoisotopic (exact) mass is 815 g/mol. The molecule has 5 heteroatoms. The van der Waals surface area contributed by atoms with E-state index in [1.807, 2.05) is 18.4 Å². The fourth-order valence-corrected chi connectivity index (χ4v) is 0. The Morgan fingerprint density at radius 2 is 1.40 bits per heavy atom. The molecule has 0 aliphatic heterocycles. The molecule has 0 N–H and O–H groups in total. The van der Waals surface area contributed by atoms with Gasteiger partial charge in [-0.25, -0.2) is 0 Å². The molecule has 0 heterocycles.